The SMILES string of the molecule is c1ccc(-c2cccc(-c3cccc(N(c4ccc(-c5ccc6ccccc6c5)cc4)c4ccc(-c5ccc6ccccc6c5-c5ccccc5)cc4)c3)c2)cc1. The average Bonchev–Trinajstić information content (AvgIpc) is 3.30. The van der Waals surface area contributed by atoms with Crippen molar-refractivity contribution in [2.75, 3.05) is 4.90 Å². The highest BCUT2D eigenvalue weighted by atomic mass is 15.1. The Morgan fingerprint density at radius 1 is 0.228 bits per heavy atom. The quantitative estimate of drug-likeness (QED) is 0.151. The second kappa shape index (κ2) is 15.0. The minimum Gasteiger partial charge on any atom is -0.310 e. The molecule has 0 amide bonds. The molecule has 0 aromatic heterocycles. The molecule has 0 radical (unpaired) electrons. The van der Waals surface area contributed by atoms with E-state index in [4.69, 9.17) is 0 Å². The van der Waals surface area contributed by atoms with Gasteiger partial charge in [-0.05, 0) is 126 Å². The lowest BCUT2D eigenvalue weighted by atomic mass is 9.90. The first-order chi connectivity index (χ1) is 28.2. The maximum Gasteiger partial charge on any atom is 0.0467 e. The van der Waals surface area contributed by atoms with Crippen LogP contribution in [0.4, 0.5) is 17.1 Å². The van der Waals surface area contributed by atoms with E-state index in [9.17, 15) is 0 Å². The van der Waals surface area contributed by atoms with Gasteiger partial charge in [-0.25, -0.2) is 0 Å². The number of rotatable bonds is 8. The first-order valence-electron chi connectivity index (χ1n) is 19.6. The van der Waals surface area contributed by atoms with E-state index in [0.29, 0.717) is 0 Å². The Balaban J connectivity index is 1.07. The number of benzene rings is 10. The second-order valence-electron chi connectivity index (χ2n) is 14.6. The van der Waals surface area contributed by atoms with Crippen LogP contribution in [-0.4, -0.2) is 0 Å². The fraction of sp³-hybridized carbons (Fsp3) is 0. The van der Waals surface area contributed by atoms with Gasteiger partial charge >= 0.3 is 0 Å². The molecule has 0 spiro atoms. The van der Waals surface area contributed by atoms with Gasteiger partial charge in [0.15, 0.2) is 0 Å². The zero-order valence-corrected chi connectivity index (χ0v) is 31.5. The Labute approximate surface area is 334 Å². The third-order valence-corrected chi connectivity index (χ3v) is 11.0. The first kappa shape index (κ1) is 34.0. The van der Waals surface area contributed by atoms with Gasteiger partial charge in [-0.15, -0.1) is 0 Å². The lowest BCUT2D eigenvalue weighted by Gasteiger charge is -2.26. The summed E-state index contributed by atoms with van der Waals surface area (Å²) in [5.74, 6) is 0. The van der Waals surface area contributed by atoms with Crippen LogP contribution < -0.4 is 4.90 Å². The van der Waals surface area contributed by atoms with Crippen LogP contribution in [0.1, 0.15) is 0 Å². The molecule has 10 aromatic rings. The van der Waals surface area contributed by atoms with Crippen molar-refractivity contribution >= 4 is 38.6 Å². The highest BCUT2D eigenvalue weighted by Crippen LogP contribution is 2.42. The standard InChI is InChI=1S/C56H39N/c1-3-13-40(14-4-1)47-20-11-21-48(37-47)49-22-12-23-53(39-49)57(51-32-27-42(28-33-51)50-26-25-41-15-7-8-19-46(41)38-50)52-34-29-44(30-35-52)55-36-31-43-16-9-10-24-54(43)56(55)45-17-5-2-6-18-45/h1-39H. The lowest BCUT2D eigenvalue weighted by Crippen LogP contribution is -2.10. The maximum absolute atomic E-state index is 2.37. The van der Waals surface area contributed by atoms with Crippen LogP contribution in [-0.2, 0) is 0 Å². The summed E-state index contributed by atoms with van der Waals surface area (Å²) in [6.45, 7) is 0. The molecule has 0 aliphatic carbocycles. The van der Waals surface area contributed by atoms with Crippen LogP contribution in [0, 0.1) is 0 Å². The molecule has 1 nitrogen and oxygen atoms in total. The van der Waals surface area contributed by atoms with Crippen molar-refractivity contribution in [3.63, 3.8) is 0 Å². The summed E-state index contributed by atoms with van der Waals surface area (Å²) in [4.78, 5) is 2.37. The summed E-state index contributed by atoms with van der Waals surface area (Å²) in [5, 5.41) is 4.99. The first-order valence-corrected chi connectivity index (χ1v) is 19.6. The molecule has 0 N–H and O–H groups in total. The van der Waals surface area contributed by atoms with Crippen LogP contribution in [0.15, 0.2) is 237 Å². The fourth-order valence-electron chi connectivity index (χ4n) is 8.17. The number of hydrogen-bond donors (Lipinski definition) is 0. The molecular formula is C56H39N. The third-order valence-electron chi connectivity index (χ3n) is 11.0. The van der Waals surface area contributed by atoms with Gasteiger partial charge in [-0.2, -0.15) is 0 Å². The molecular weight excluding hydrogens is 687 g/mol. The Kier molecular flexibility index (Phi) is 8.95. The molecule has 0 bridgehead atoms. The summed E-state index contributed by atoms with van der Waals surface area (Å²) in [5.41, 5.74) is 15.3. The van der Waals surface area contributed by atoms with Crippen molar-refractivity contribution in [1.29, 1.82) is 0 Å². The molecule has 0 aliphatic heterocycles. The molecule has 0 fully saturated rings. The molecule has 0 unspecified atom stereocenters. The second-order valence-corrected chi connectivity index (χ2v) is 14.6. The highest BCUT2D eigenvalue weighted by Gasteiger charge is 2.17. The van der Waals surface area contributed by atoms with Crippen LogP contribution in [0.3, 0.4) is 0 Å². The number of hydrogen-bond acceptors (Lipinski definition) is 1. The van der Waals surface area contributed by atoms with Crippen molar-refractivity contribution in [2.45, 2.75) is 0 Å². The Hall–Kier alpha value is -7.48. The van der Waals surface area contributed by atoms with E-state index in [2.05, 4.69) is 241 Å². The molecule has 57 heavy (non-hydrogen) atoms. The van der Waals surface area contributed by atoms with E-state index >= 15 is 0 Å². The lowest BCUT2D eigenvalue weighted by molar-refractivity contribution is 1.28. The number of fused-ring (bicyclic) bond motifs is 2. The summed E-state index contributed by atoms with van der Waals surface area (Å²) in [6, 6.07) is 85.6. The van der Waals surface area contributed by atoms with Gasteiger partial charge < -0.3 is 4.90 Å². The predicted molar refractivity (Wildman–Crippen MR) is 243 cm³/mol. The van der Waals surface area contributed by atoms with E-state index in [1.54, 1.807) is 0 Å². The van der Waals surface area contributed by atoms with Gasteiger partial charge in [0.25, 0.3) is 0 Å². The molecule has 10 rings (SSSR count). The highest BCUT2D eigenvalue weighted by molar-refractivity contribution is 6.04. The molecule has 1 heteroatoms. The van der Waals surface area contributed by atoms with Gasteiger partial charge in [-0.1, -0.05) is 188 Å². The summed E-state index contributed by atoms with van der Waals surface area (Å²) in [6.07, 6.45) is 0. The van der Waals surface area contributed by atoms with Crippen LogP contribution in [0.2, 0.25) is 0 Å². The zero-order chi connectivity index (χ0) is 38.0. The molecule has 0 saturated heterocycles. The normalized spacial score (nSPS) is 11.2. The smallest absolute Gasteiger partial charge is 0.0467 e. The minimum absolute atomic E-state index is 1.09. The fourth-order valence-corrected chi connectivity index (χ4v) is 8.17. The molecule has 268 valence electrons. The van der Waals surface area contributed by atoms with Gasteiger partial charge in [0.2, 0.25) is 0 Å². The Morgan fingerprint density at radius 2 is 0.702 bits per heavy atom. The molecule has 0 saturated carbocycles. The molecule has 10 aromatic carbocycles. The zero-order valence-electron chi connectivity index (χ0n) is 31.5. The molecule has 0 atom stereocenters. The van der Waals surface area contributed by atoms with Gasteiger partial charge in [0, 0.05) is 17.1 Å². The van der Waals surface area contributed by atoms with E-state index in [-0.39, 0.29) is 0 Å². The summed E-state index contributed by atoms with van der Waals surface area (Å²) in [7, 11) is 0. The van der Waals surface area contributed by atoms with Gasteiger partial charge in [-0.3, -0.25) is 0 Å². The number of nitrogens with zero attached hydrogens (tertiary/aromatic N) is 1. The van der Waals surface area contributed by atoms with Crippen molar-refractivity contribution in [2.24, 2.45) is 0 Å². The van der Waals surface area contributed by atoms with Gasteiger partial charge in [0.1, 0.15) is 0 Å². The monoisotopic (exact) mass is 725 g/mol. The summed E-state index contributed by atoms with van der Waals surface area (Å²) < 4.78 is 0. The topological polar surface area (TPSA) is 3.24 Å². The van der Waals surface area contributed by atoms with E-state index < -0.39 is 0 Å². The third kappa shape index (κ3) is 6.77. The van der Waals surface area contributed by atoms with E-state index in [1.807, 2.05) is 0 Å². The largest absolute Gasteiger partial charge is 0.310 e. The van der Waals surface area contributed by atoms with Crippen molar-refractivity contribution < 1.29 is 0 Å². The predicted octanol–water partition coefficient (Wildman–Crippen LogP) is 15.8. The number of anilines is 3. The Bertz CT molecular complexity index is 2980. The van der Waals surface area contributed by atoms with Crippen LogP contribution in [0.25, 0.3) is 77.2 Å². The molecule has 0 heterocycles. The van der Waals surface area contributed by atoms with Crippen molar-refractivity contribution in [1.82, 2.24) is 0 Å². The summed E-state index contributed by atoms with van der Waals surface area (Å²) >= 11 is 0. The van der Waals surface area contributed by atoms with E-state index in [1.165, 1.54) is 77.2 Å². The maximum atomic E-state index is 2.37. The van der Waals surface area contributed by atoms with Crippen molar-refractivity contribution in [3.8, 4) is 55.6 Å². The average molecular weight is 726 g/mol. The van der Waals surface area contributed by atoms with Crippen molar-refractivity contribution in [3.05, 3.63) is 237 Å². The van der Waals surface area contributed by atoms with Crippen LogP contribution >= 0.6 is 0 Å². The molecule has 0 aliphatic rings. The van der Waals surface area contributed by atoms with Crippen LogP contribution in [0.5, 0.6) is 0 Å². The Morgan fingerprint density at radius 3 is 1.42 bits per heavy atom. The van der Waals surface area contributed by atoms with Gasteiger partial charge in [0.05, 0.1) is 0 Å². The minimum atomic E-state index is 1.09. The van der Waals surface area contributed by atoms with E-state index in [0.717, 1.165) is 17.1 Å².